The summed E-state index contributed by atoms with van der Waals surface area (Å²) in [6.07, 6.45) is 0. The Balaban J connectivity index is 2.12. The van der Waals surface area contributed by atoms with Gasteiger partial charge in [0.05, 0.1) is 6.61 Å². The Morgan fingerprint density at radius 2 is 2.57 bits per heavy atom. The third-order valence-corrected chi connectivity index (χ3v) is 1.68. The average molecular weight is 213 g/mol. The Labute approximate surface area is 56.8 Å². The van der Waals surface area contributed by atoms with Crippen molar-refractivity contribution in [3.8, 4) is 0 Å². The molecule has 0 radical (unpaired) electrons. The smallest absolute Gasteiger partial charge is 0.121 e. The number of ether oxygens (including phenoxy) is 1. The van der Waals surface area contributed by atoms with E-state index in [1.165, 1.54) is 0 Å². The molecule has 1 heterocycles. The van der Waals surface area contributed by atoms with Crippen LogP contribution in [0.15, 0.2) is 0 Å². The summed E-state index contributed by atoms with van der Waals surface area (Å²) >= 11 is 2.27. The van der Waals surface area contributed by atoms with E-state index in [0.717, 1.165) is 19.7 Å². The van der Waals surface area contributed by atoms with Gasteiger partial charge in [0.2, 0.25) is 0 Å². The molecule has 2 nitrogen and oxygen atoms in total. The summed E-state index contributed by atoms with van der Waals surface area (Å²) < 4.78 is 5.60. The molecule has 0 aromatic rings. The first-order chi connectivity index (χ1) is 3.39. The van der Waals surface area contributed by atoms with Crippen molar-refractivity contribution in [2.75, 3.05) is 19.7 Å². The van der Waals surface area contributed by atoms with Crippen molar-refractivity contribution in [3.63, 3.8) is 0 Å². The summed E-state index contributed by atoms with van der Waals surface area (Å²) in [4.78, 5) is 0. The second kappa shape index (κ2) is 2.84. The van der Waals surface area contributed by atoms with Crippen LogP contribution < -0.4 is 5.32 Å². The lowest BCUT2D eigenvalue weighted by Gasteiger charge is -2.17. The molecule has 42 valence electrons. The molecule has 0 aromatic carbocycles. The van der Waals surface area contributed by atoms with Crippen molar-refractivity contribution in [1.82, 2.24) is 5.32 Å². The molecule has 1 aliphatic rings. The summed E-state index contributed by atoms with van der Waals surface area (Å²) in [6, 6.07) is 0. The van der Waals surface area contributed by atoms with Crippen molar-refractivity contribution < 1.29 is 4.74 Å². The van der Waals surface area contributed by atoms with Gasteiger partial charge < -0.3 is 10.1 Å². The van der Waals surface area contributed by atoms with Crippen LogP contribution in [0, 0.1) is 0 Å². The quantitative estimate of drug-likeness (QED) is 0.463. The van der Waals surface area contributed by atoms with Gasteiger partial charge >= 0.3 is 0 Å². The highest BCUT2D eigenvalue weighted by molar-refractivity contribution is 14.1. The molecule has 1 rings (SSSR count). The summed E-state index contributed by atoms with van der Waals surface area (Å²) in [5.74, 6) is 0. The van der Waals surface area contributed by atoms with Gasteiger partial charge in [0.15, 0.2) is 0 Å². The Kier molecular flexibility index (Phi) is 2.34. The number of nitrogens with one attached hydrogen (secondary N) is 1. The van der Waals surface area contributed by atoms with Crippen molar-refractivity contribution in [2.24, 2.45) is 0 Å². The number of hydrogen-bond acceptors (Lipinski definition) is 2. The van der Waals surface area contributed by atoms with Gasteiger partial charge in [0, 0.05) is 13.1 Å². The largest absolute Gasteiger partial charge is 0.365 e. The van der Waals surface area contributed by atoms with Crippen LogP contribution in [-0.4, -0.2) is 23.8 Å². The molecule has 0 aliphatic carbocycles. The molecule has 0 saturated carbocycles. The molecule has 0 spiro atoms. The fourth-order valence-corrected chi connectivity index (χ4v) is 1.10. The lowest BCUT2D eigenvalue weighted by molar-refractivity contribution is 0.0958. The van der Waals surface area contributed by atoms with Crippen molar-refractivity contribution in [2.45, 2.75) is 4.11 Å². The van der Waals surface area contributed by atoms with Gasteiger partial charge in [-0.05, 0) is 22.6 Å². The maximum Gasteiger partial charge on any atom is 0.121 e. The summed E-state index contributed by atoms with van der Waals surface area (Å²) in [5.41, 5.74) is 0. The van der Waals surface area contributed by atoms with Gasteiger partial charge in [-0.3, -0.25) is 0 Å². The minimum atomic E-state index is 0.395. The minimum absolute atomic E-state index is 0.395. The molecule has 0 amide bonds. The minimum Gasteiger partial charge on any atom is -0.365 e. The Morgan fingerprint density at radius 1 is 1.71 bits per heavy atom. The molecule has 1 atom stereocenters. The molecule has 7 heavy (non-hydrogen) atoms. The summed E-state index contributed by atoms with van der Waals surface area (Å²) in [5, 5.41) is 3.20. The molecule has 1 N–H and O–H groups in total. The average Bonchev–Trinajstić information content (AvgIpc) is 1.69. The van der Waals surface area contributed by atoms with Crippen LogP contribution in [0.25, 0.3) is 0 Å². The van der Waals surface area contributed by atoms with E-state index in [0.29, 0.717) is 4.11 Å². The number of halogens is 1. The van der Waals surface area contributed by atoms with E-state index in [-0.39, 0.29) is 0 Å². The van der Waals surface area contributed by atoms with Crippen LogP contribution in [0.2, 0.25) is 0 Å². The van der Waals surface area contributed by atoms with Crippen molar-refractivity contribution in [1.29, 1.82) is 0 Å². The van der Waals surface area contributed by atoms with Gasteiger partial charge in [-0.1, -0.05) is 0 Å². The fraction of sp³-hybridized carbons (Fsp3) is 1.00. The second-order valence-electron chi connectivity index (χ2n) is 1.48. The monoisotopic (exact) mass is 213 g/mol. The van der Waals surface area contributed by atoms with Gasteiger partial charge in [0.1, 0.15) is 4.11 Å². The molecule has 3 heteroatoms. The van der Waals surface area contributed by atoms with Gasteiger partial charge in [0.25, 0.3) is 0 Å². The number of alkyl halides is 1. The lowest BCUT2D eigenvalue weighted by atomic mass is 10.5. The van der Waals surface area contributed by atoms with Gasteiger partial charge in [-0.2, -0.15) is 0 Å². The SMILES string of the molecule is I[C@@H]1CNCCO1. The zero-order valence-corrected chi connectivity index (χ0v) is 6.14. The van der Waals surface area contributed by atoms with E-state index in [1.807, 2.05) is 0 Å². The third kappa shape index (κ3) is 1.92. The van der Waals surface area contributed by atoms with E-state index in [1.54, 1.807) is 0 Å². The Morgan fingerprint density at radius 3 is 2.86 bits per heavy atom. The Bertz CT molecular complexity index is 53.7. The van der Waals surface area contributed by atoms with Crippen LogP contribution in [0.3, 0.4) is 0 Å². The molecular formula is C4H8INO. The number of morpholine rings is 1. The first-order valence-corrected chi connectivity index (χ1v) is 3.60. The Hall–Kier alpha value is 0.650. The van der Waals surface area contributed by atoms with Crippen molar-refractivity contribution >= 4 is 22.6 Å². The highest BCUT2D eigenvalue weighted by Gasteiger charge is 2.06. The zero-order valence-electron chi connectivity index (χ0n) is 3.98. The molecule has 0 bridgehead atoms. The number of rotatable bonds is 0. The maximum absolute atomic E-state index is 5.20. The second-order valence-corrected chi connectivity index (χ2v) is 2.87. The van der Waals surface area contributed by atoms with E-state index < -0.39 is 0 Å². The highest BCUT2D eigenvalue weighted by Crippen LogP contribution is 2.02. The van der Waals surface area contributed by atoms with Crippen LogP contribution >= 0.6 is 22.6 Å². The zero-order chi connectivity index (χ0) is 5.11. The van der Waals surface area contributed by atoms with Crippen LogP contribution in [-0.2, 0) is 4.74 Å². The summed E-state index contributed by atoms with van der Waals surface area (Å²) in [6.45, 7) is 2.88. The van der Waals surface area contributed by atoms with Crippen LogP contribution in [0.1, 0.15) is 0 Å². The molecule has 1 fully saturated rings. The van der Waals surface area contributed by atoms with E-state index in [9.17, 15) is 0 Å². The third-order valence-electron chi connectivity index (χ3n) is 0.882. The first-order valence-electron chi connectivity index (χ1n) is 2.36. The first kappa shape index (κ1) is 5.78. The normalized spacial score (nSPS) is 33.0. The molecule has 1 aliphatic heterocycles. The lowest BCUT2D eigenvalue weighted by Crippen LogP contribution is -2.34. The molecule has 1 saturated heterocycles. The van der Waals surface area contributed by atoms with Crippen LogP contribution in [0.5, 0.6) is 0 Å². The topological polar surface area (TPSA) is 21.3 Å². The molecule has 0 aromatic heterocycles. The predicted molar refractivity (Wildman–Crippen MR) is 36.6 cm³/mol. The summed E-state index contributed by atoms with van der Waals surface area (Å²) in [7, 11) is 0. The van der Waals surface area contributed by atoms with Gasteiger partial charge in [-0.25, -0.2) is 0 Å². The van der Waals surface area contributed by atoms with E-state index in [2.05, 4.69) is 27.9 Å². The molecular weight excluding hydrogens is 205 g/mol. The molecule has 0 unspecified atom stereocenters. The van der Waals surface area contributed by atoms with Gasteiger partial charge in [-0.15, -0.1) is 0 Å². The van der Waals surface area contributed by atoms with Crippen molar-refractivity contribution in [3.05, 3.63) is 0 Å². The maximum atomic E-state index is 5.20. The fourth-order valence-electron chi connectivity index (χ4n) is 0.533. The highest BCUT2D eigenvalue weighted by atomic mass is 127. The standard InChI is InChI=1S/C4H8INO/c5-4-3-6-1-2-7-4/h4,6H,1-3H2/t4-/m0/s1. The number of hydrogen-bond donors (Lipinski definition) is 1. The van der Waals surface area contributed by atoms with Crippen LogP contribution in [0.4, 0.5) is 0 Å². The predicted octanol–water partition coefficient (Wildman–Crippen LogP) is 0.367. The van der Waals surface area contributed by atoms with E-state index in [4.69, 9.17) is 4.74 Å². The van der Waals surface area contributed by atoms with E-state index >= 15 is 0 Å².